The SMILES string of the molecule is CCNC(c1ccccc1)C(C)CCS(C)(=O)=O. The van der Waals surface area contributed by atoms with Crippen LogP contribution in [0.2, 0.25) is 0 Å². The number of hydrogen-bond donors (Lipinski definition) is 1. The van der Waals surface area contributed by atoms with E-state index in [4.69, 9.17) is 0 Å². The minimum absolute atomic E-state index is 0.220. The van der Waals surface area contributed by atoms with Crippen LogP contribution in [0.25, 0.3) is 0 Å². The Kier molecular flexibility index (Phi) is 5.82. The predicted molar refractivity (Wildman–Crippen MR) is 76.4 cm³/mol. The van der Waals surface area contributed by atoms with Crippen molar-refractivity contribution < 1.29 is 8.42 Å². The Labute approximate surface area is 111 Å². The monoisotopic (exact) mass is 269 g/mol. The van der Waals surface area contributed by atoms with E-state index < -0.39 is 9.84 Å². The molecule has 0 saturated carbocycles. The van der Waals surface area contributed by atoms with E-state index in [1.807, 2.05) is 18.2 Å². The van der Waals surface area contributed by atoms with Gasteiger partial charge >= 0.3 is 0 Å². The molecule has 0 bridgehead atoms. The lowest BCUT2D eigenvalue weighted by Gasteiger charge is -2.25. The average Bonchev–Trinajstić information content (AvgIpc) is 2.33. The molecule has 2 atom stereocenters. The summed E-state index contributed by atoms with van der Waals surface area (Å²) in [5.74, 6) is 0.546. The lowest BCUT2D eigenvalue weighted by atomic mass is 9.92. The number of hydrogen-bond acceptors (Lipinski definition) is 3. The average molecular weight is 269 g/mol. The molecule has 0 spiro atoms. The van der Waals surface area contributed by atoms with Gasteiger partial charge < -0.3 is 5.32 Å². The highest BCUT2D eigenvalue weighted by Gasteiger charge is 2.19. The van der Waals surface area contributed by atoms with Crippen LogP contribution < -0.4 is 5.32 Å². The highest BCUT2D eigenvalue weighted by atomic mass is 32.2. The zero-order valence-corrected chi connectivity index (χ0v) is 12.2. The fourth-order valence-corrected chi connectivity index (χ4v) is 2.89. The number of benzene rings is 1. The molecule has 1 aromatic carbocycles. The quantitative estimate of drug-likeness (QED) is 0.827. The van der Waals surface area contributed by atoms with E-state index >= 15 is 0 Å². The maximum Gasteiger partial charge on any atom is 0.147 e. The first-order valence-corrected chi connectivity index (χ1v) is 8.46. The van der Waals surface area contributed by atoms with Gasteiger partial charge in [0.25, 0.3) is 0 Å². The van der Waals surface area contributed by atoms with E-state index in [1.165, 1.54) is 11.8 Å². The fourth-order valence-electron chi connectivity index (χ4n) is 2.09. The van der Waals surface area contributed by atoms with E-state index in [0.717, 1.165) is 6.54 Å². The molecular formula is C14H23NO2S. The van der Waals surface area contributed by atoms with Gasteiger partial charge in [-0.25, -0.2) is 8.42 Å². The number of sulfone groups is 1. The maximum atomic E-state index is 11.2. The largest absolute Gasteiger partial charge is 0.310 e. The lowest BCUT2D eigenvalue weighted by Crippen LogP contribution is -2.28. The molecule has 0 fully saturated rings. The molecule has 0 radical (unpaired) electrons. The van der Waals surface area contributed by atoms with Gasteiger partial charge in [0.05, 0.1) is 5.75 Å². The van der Waals surface area contributed by atoms with Crippen molar-refractivity contribution in [1.82, 2.24) is 5.32 Å². The zero-order valence-electron chi connectivity index (χ0n) is 11.4. The van der Waals surface area contributed by atoms with Gasteiger partial charge in [0, 0.05) is 12.3 Å². The minimum Gasteiger partial charge on any atom is -0.310 e. The first kappa shape index (κ1) is 15.2. The highest BCUT2D eigenvalue weighted by molar-refractivity contribution is 7.90. The Hall–Kier alpha value is -0.870. The van der Waals surface area contributed by atoms with Crippen LogP contribution >= 0.6 is 0 Å². The van der Waals surface area contributed by atoms with Crippen LogP contribution in [0.3, 0.4) is 0 Å². The van der Waals surface area contributed by atoms with Crippen LogP contribution in [0.5, 0.6) is 0 Å². The summed E-state index contributed by atoms with van der Waals surface area (Å²) in [5.41, 5.74) is 1.22. The second-order valence-electron chi connectivity index (χ2n) is 4.84. The molecule has 102 valence electrons. The van der Waals surface area contributed by atoms with E-state index in [1.54, 1.807) is 0 Å². The molecule has 0 saturated heterocycles. The summed E-state index contributed by atoms with van der Waals surface area (Å²) in [6.07, 6.45) is 1.98. The summed E-state index contributed by atoms with van der Waals surface area (Å²) in [6.45, 7) is 5.05. The lowest BCUT2D eigenvalue weighted by molar-refractivity contribution is 0.384. The Balaban J connectivity index is 2.73. The summed E-state index contributed by atoms with van der Waals surface area (Å²) in [6, 6.07) is 10.4. The van der Waals surface area contributed by atoms with Crippen molar-refractivity contribution in [1.29, 1.82) is 0 Å². The third kappa shape index (κ3) is 5.19. The van der Waals surface area contributed by atoms with Gasteiger partial charge in [0.2, 0.25) is 0 Å². The van der Waals surface area contributed by atoms with Gasteiger partial charge in [-0.1, -0.05) is 44.2 Å². The van der Waals surface area contributed by atoms with Crippen molar-refractivity contribution in [2.24, 2.45) is 5.92 Å². The standard InChI is InChI=1S/C14H23NO2S/c1-4-15-14(13-8-6-5-7-9-13)12(2)10-11-18(3,16)17/h5-9,12,14-15H,4,10-11H2,1-3H3. The predicted octanol–water partition coefficient (Wildman–Crippen LogP) is 2.41. The van der Waals surface area contributed by atoms with Gasteiger partial charge in [-0.3, -0.25) is 0 Å². The van der Waals surface area contributed by atoms with Crippen molar-refractivity contribution in [2.75, 3.05) is 18.6 Å². The summed E-state index contributed by atoms with van der Waals surface area (Å²) >= 11 is 0. The van der Waals surface area contributed by atoms with Gasteiger partial charge in [0.1, 0.15) is 9.84 Å². The van der Waals surface area contributed by atoms with Crippen LogP contribution in [0.4, 0.5) is 0 Å². The molecule has 0 aromatic heterocycles. The van der Waals surface area contributed by atoms with E-state index in [2.05, 4.69) is 31.3 Å². The van der Waals surface area contributed by atoms with Crippen molar-refractivity contribution in [3.05, 3.63) is 35.9 Å². The van der Waals surface area contributed by atoms with Crippen molar-refractivity contribution >= 4 is 9.84 Å². The van der Waals surface area contributed by atoms with Gasteiger partial charge in [0.15, 0.2) is 0 Å². The molecule has 0 aliphatic heterocycles. The summed E-state index contributed by atoms with van der Waals surface area (Å²) < 4.78 is 22.5. The van der Waals surface area contributed by atoms with Gasteiger partial charge in [-0.2, -0.15) is 0 Å². The zero-order chi connectivity index (χ0) is 13.6. The normalized spacial score (nSPS) is 15.3. The Bertz CT molecular complexity index is 442. The summed E-state index contributed by atoms with van der Waals surface area (Å²) in [7, 11) is -2.88. The first-order chi connectivity index (χ1) is 8.44. The third-order valence-corrected chi connectivity index (χ3v) is 4.07. The number of nitrogens with one attached hydrogen (secondary N) is 1. The molecule has 1 rings (SSSR count). The third-order valence-electron chi connectivity index (χ3n) is 3.10. The Morgan fingerprint density at radius 2 is 1.83 bits per heavy atom. The minimum atomic E-state index is -2.88. The van der Waals surface area contributed by atoms with Gasteiger partial charge in [-0.05, 0) is 24.4 Å². The number of rotatable bonds is 7. The smallest absolute Gasteiger partial charge is 0.147 e. The molecule has 0 aliphatic carbocycles. The van der Waals surface area contributed by atoms with E-state index in [0.29, 0.717) is 12.3 Å². The molecule has 1 aromatic rings. The maximum absolute atomic E-state index is 11.2. The molecule has 0 amide bonds. The molecule has 18 heavy (non-hydrogen) atoms. The molecule has 3 nitrogen and oxygen atoms in total. The second-order valence-corrected chi connectivity index (χ2v) is 7.10. The Morgan fingerprint density at radius 1 is 1.22 bits per heavy atom. The van der Waals surface area contributed by atoms with Crippen molar-refractivity contribution in [3.8, 4) is 0 Å². The van der Waals surface area contributed by atoms with Gasteiger partial charge in [-0.15, -0.1) is 0 Å². The molecule has 0 aliphatic rings. The van der Waals surface area contributed by atoms with Crippen molar-refractivity contribution in [3.63, 3.8) is 0 Å². The molecule has 4 heteroatoms. The summed E-state index contributed by atoms with van der Waals surface area (Å²) in [4.78, 5) is 0. The molecule has 1 N–H and O–H groups in total. The Morgan fingerprint density at radius 3 is 2.33 bits per heavy atom. The van der Waals surface area contributed by atoms with Crippen LogP contribution in [0.1, 0.15) is 31.9 Å². The molecule has 2 unspecified atom stereocenters. The topological polar surface area (TPSA) is 46.2 Å². The summed E-state index contributed by atoms with van der Waals surface area (Å²) in [5, 5.41) is 3.44. The fraction of sp³-hybridized carbons (Fsp3) is 0.571. The highest BCUT2D eigenvalue weighted by Crippen LogP contribution is 2.24. The van der Waals surface area contributed by atoms with Crippen LogP contribution in [-0.4, -0.2) is 27.0 Å². The molecule has 0 heterocycles. The second kappa shape index (κ2) is 6.90. The van der Waals surface area contributed by atoms with Crippen molar-refractivity contribution in [2.45, 2.75) is 26.3 Å². The molecular weight excluding hydrogens is 246 g/mol. The van der Waals surface area contributed by atoms with Crippen LogP contribution in [0, 0.1) is 5.92 Å². The van der Waals surface area contributed by atoms with Crippen LogP contribution in [-0.2, 0) is 9.84 Å². The van der Waals surface area contributed by atoms with E-state index in [-0.39, 0.29) is 11.8 Å². The van der Waals surface area contributed by atoms with E-state index in [9.17, 15) is 8.42 Å². The van der Waals surface area contributed by atoms with Crippen LogP contribution in [0.15, 0.2) is 30.3 Å². The first-order valence-electron chi connectivity index (χ1n) is 6.40.